The fourth-order valence-electron chi connectivity index (χ4n) is 0.634. The van der Waals surface area contributed by atoms with E-state index in [4.69, 9.17) is 9.47 Å². The highest BCUT2D eigenvalue weighted by atomic mass is 16.6. The van der Waals surface area contributed by atoms with Gasteiger partial charge in [0.25, 0.3) is 0 Å². The molecule has 0 rings (SSSR count). The molecule has 0 aliphatic carbocycles. The Morgan fingerprint density at radius 3 is 2.29 bits per heavy atom. The Hall–Kier alpha value is -1.16. The van der Waals surface area contributed by atoms with Crippen LogP contribution >= 0.6 is 0 Å². The van der Waals surface area contributed by atoms with Gasteiger partial charge in [-0.15, -0.1) is 0 Å². The Bertz CT molecular complexity index is 220. The Labute approximate surface area is 83.9 Å². The van der Waals surface area contributed by atoms with Gasteiger partial charge >= 0.3 is 5.97 Å². The van der Waals surface area contributed by atoms with E-state index in [0.29, 0.717) is 25.2 Å². The molecule has 0 unspecified atom stereocenters. The van der Waals surface area contributed by atoms with Crippen LogP contribution in [-0.2, 0) is 19.1 Å². The van der Waals surface area contributed by atoms with Crippen molar-refractivity contribution in [1.82, 2.24) is 0 Å². The minimum Gasteiger partial charge on any atom is -0.460 e. The van der Waals surface area contributed by atoms with Crippen LogP contribution in [0, 0.1) is 0 Å². The third-order valence-corrected chi connectivity index (χ3v) is 1.41. The van der Waals surface area contributed by atoms with Crippen LogP contribution in [0.25, 0.3) is 0 Å². The molecule has 0 heterocycles. The molecule has 0 bridgehead atoms. The van der Waals surface area contributed by atoms with Crippen LogP contribution in [0.5, 0.6) is 0 Å². The number of carbonyl (C=O) groups excluding carboxylic acids is 2. The van der Waals surface area contributed by atoms with Crippen LogP contribution in [0.1, 0.15) is 20.3 Å². The van der Waals surface area contributed by atoms with Crippen LogP contribution in [0.3, 0.4) is 0 Å². The molecular formula is C10H16O4. The van der Waals surface area contributed by atoms with E-state index >= 15 is 0 Å². The lowest BCUT2D eigenvalue weighted by atomic mass is 10.3. The summed E-state index contributed by atoms with van der Waals surface area (Å²) in [5.74, 6) is -0.330. The number of hydrogen-bond acceptors (Lipinski definition) is 4. The van der Waals surface area contributed by atoms with Crippen molar-refractivity contribution < 1.29 is 19.1 Å². The molecule has 0 atom stereocenters. The van der Waals surface area contributed by atoms with E-state index in [9.17, 15) is 9.59 Å². The second-order valence-electron chi connectivity index (χ2n) is 2.98. The van der Waals surface area contributed by atoms with Crippen molar-refractivity contribution in [3.05, 3.63) is 12.2 Å². The zero-order chi connectivity index (χ0) is 11.0. The highest BCUT2D eigenvalue weighted by Gasteiger charge is 2.01. The van der Waals surface area contributed by atoms with Gasteiger partial charge < -0.3 is 9.47 Å². The number of ether oxygens (including phenoxy) is 2. The molecule has 0 aromatic rings. The molecule has 4 nitrogen and oxygen atoms in total. The van der Waals surface area contributed by atoms with E-state index in [1.165, 1.54) is 6.92 Å². The third-order valence-electron chi connectivity index (χ3n) is 1.41. The number of Topliss-reactive ketones (excluding diaryl/α,β-unsaturated/α-hetero) is 1. The summed E-state index contributed by atoms with van der Waals surface area (Å²) in [4.78, 5) is 21.3. The first-order chi connectivity index (χ1) is 6.54. The molecule has 0 aromatic heterocycles. The SMILES string of the molecule is C=C(C)C(=O)OCCOCCC(C)=O. The van der Waals surface area contributed by atoms with Crippen LogP contribution in [0.15, 0.2) is 12.2 Å². The maximum Gasteiger partial charge on any atom is 0.333 e. The van der Waals surface area contributed by atoms with Crippen molar-refractivity contribution in [1.29, 1.82) is 0 Å². The second-order valence-corrected chi connectivity index (χ2v) is 2.98. The van der Waals surface area contributed by atoms with Crippen LogP contribution in [0.2, 0.25) is 0 Å². The van der Waals surface area contributed by atoms with Crippen molar-refractivity contribution in [2.75, 3.05) is 19.8 Å². The number of esters is 1. The average molecular weight is 200 g/mol. The standard InChI is InChI=1S/C10H16O4/c1-8(2)10(12)14-7-6-13-5-4-9(3)11/h1,4-7H2,2-3H3. The Balaban J connectivity index is 3.26. The fourth-order valence-corrected chi connectivity index (χ4v) is 0.634. The number of hydrogen-bond donors (Lipinski definition) is 0. The highest BCUT2D eigenvalue weighted by Crippen LogP contribution is 1.92. The predicted molar refractivity (Wildman–Crippen MR) is 51.9 cm³/mol. The molecule has 80 valence electrons. The summed E-state index contributed by atoms with van der Waals surface area (Å²) in [5, 5.41) is 0. The molecule has 0 radical (unpaired) electrons. The fraction of sp³-hybridized carbons (Fsp3) is 0.600. The summed E-state index contributed by atoms with van der Waals surface area (Å²) in [5.41, 5.74) is 0.369. The summed E-state index contributed by atoms with van der Waals surface area (Å²) in [6.45, 7) is 7.40. The number of carbonyl (C=O) groups is 2. The Morgan fingerprint density at radius 2 is 1.79 bits per heavy atom. The Morgan fingerprint density at radius 1 is 1.14 bits per heavy atom. The van der Waals surface area contributed by atoms with Gasteiger partial charge in [0, 0.05) is 12.0 Å². The van der Waals surface area contributed by atoms with Gasteiger partial charge in [0.1, 0.15) is 12.4 Å². The number of ketones is 1. The van der Waals surface area contributed by atoms with Gasteiger partial charge in [0.2, 0.25) is 0 Å². The molecule has 0 saturated heterocycles. The van der Waals surface area contributed by atoms with Gasteiger partial charge in [0.05, 0.1) is 13.2 Å². The van der Waals surface area contributed by atoms with Crippen molar-refractivity contribution in [3.8, 4) is 0 Å². The largest absolute Gasteiger partial charge is 0.460 e. The normalized spacial score (nSPS) is 9.57. The Kier molecular flexibility index (Phi) is 6.66. The molecule has 0 fully saturated rings. The summed E-state index contributed by atoms with van der Waals surface area (Å²) in [6.07, 6.45) is 0.397. The molecule has 0 aliphatic rings. The molecule has 0 aliphatic heterocycles. The minimum atomic E-state index is -0.417. The summed E-state index contributed by atoms with van der Waals surface area (Å²) in [6, 6.07) is 0. The van der Waals surface area contributed by atoms with E-state index < -0.39 is 5.97 Å². The van der Waals surface area contributed by atoms with E-state index in [0.717, 1.165) is 0 Å². The highest BCUT2D eigenvalue weighted by molar-refractivity contribution is 5.86. The van der Waals surface area contributed by atoms with Crippen molar-refractivity contribution in [2.24, 2.45) is 0 Å². The topological polar surface area (TPSA) is 52.6 Å². The lowest BCUT2D eigenvalue weighted by molar-refractivity contribution is -0.140. The van der Waals surface area contributed by atoms with Gasteiger partial charge in [-0.25, -0.2) is 4.79 Å². The first-order valence-corrected chi connectivity index (χ1v) is 4.44. The quantitative estimate of drug-likeness (QED) is 0.351. The minimum absolute atomic E-state index is 0.0870. The van der Waals surface area contributed by atoms with E-state index in [1.54, 1.807) is 6.92 Å². The maximum absolute atomic E-state index is 10.9. The summed E-state index contributed by atoms with van der Waals surface area (Å²) >= 11 is 0. The molecule has 0 saturated carbocycles. The second kappa shape index (κ2) is 7.26. The molecule has 0 amide bonds. The monoisotopic (exact) mass is 200 g/mol. The molecule has 14 heavy (non-hydrogen) atoms. The zero-order valence-electron chi connectivity index (χ0n) is 8.67. The smallest absolute Gasteiger partial charge is 0.333 e. The maximum atomic E-state index is 10.9. The molecule has 0 N–H and O–H groups in total. The van der Waals surface area contributed by atoms with Gasteiger partial charge in [-0.2, -0.15) is 0 Å². The van der Waals surface area contributed by atoms with Crippen molar-refractivity contribution >= 4 is 11.8 Å². The van der Waals surface area contributed by atoms with Crippen molar-refractivity contribution in [2.45, 2.75) is 20.3 Å². The van der Waals surface area contributed by atoms with Crippen LogP contribution in [0.4, 0.5) is 0 Å². The van der Waals surface area contributed by atoms with Crippen molar-refractivity contribution in [3.63, 3.8) is 0 Å². The van der Waals surface area contributed by atoms with Crippen LogP contribution < -0.4 is 0 Å². The lowest BCUT2D eigenvalue weighted by Crippen LogP contribution is -2.12. The van der Waals surface area contributed by atoms with Gasteiger partial charge in [0.15, 0.2) is 0 Å². The van der Waals surface area contributed by atoms with E-state index in [-0.39, 0.29) is 12.4 Å². The number of rotatable bonds is 7. The van der Waals surface area contributed by atoms with Gasteiger partial charge in [-0.3, -0.25) is 4.79 Å². The average Bonchev–Trinajstić information content (AvgIpc) is 2.09. The molecular weight excluding hydrogens is 184 g/mol. The van der Waals surface area contributed by atoms with Crippen LogP contribution in [-0.4, -0.2) is 31.6 Å². The lowest BCUT2D eigenvalue weighted by Gasteiger charge is -2.04. The predicted octanol–water partition coefficient (Wildman–Crippen LogP) is 1.10. The first kappa shape index (κ1) is 12.8. The van der Waals surface area contributed by atoms with E-state index in [2.05, 4.69) is 6.58 Å². The molecule has 0 spiro atoms. The van der Waals surface area contributed by atoms with Gasteiger partial charge in [-0.1, -0.05) is 6.58 Å². The third kappa shape index (κ3) is 7.49. The summed E-state index contributed by atoms with van der Waals surface area (Å²) < 4.78 is 9.81. The zero-order valence-corrected chi connectivity index (χ0v) is 8.67. The first-order valence-electron chi connectivity index (χ1n) is 4.44. The molecule has 0 aromatic carbocycles. The molecule has 4 heteroatoms. The van der Waals surface area contributed by atoms with Gasteiger partial charge in [-0.05, 0) is 13.8 Å². The summed E-state index contributed by atoms with van der Waals surface area (Å²) in [7, 11) is 0. The van der Waals surface area contributed by atoms with E-state index in [1.807, 2.05) is 0 Å².